The normalized spacial score (nSPS) is 11.4. The highest BCUT2D eigenvalue weighted by Gasteiger charge is 2.16. The number of carbonyl (C=O) groups is 1. The summed E-state index contributed by atoms with van der Waals surface area (Å²) in [6.07, 6.45) is 1.17. The van der Waals surface area contributed by atoms with E-state index < -0.39 is 11.4 Å². The lowest BCUT2D eigenvalue weighted by molar-refractivity contribution is 0.0728. The van der Waals surface area contributed by atoms with Gasteiger partial charge in [-0.05, 0) is 43.0 Å². The molecular formula is C23H24N2O4S. The Labute approximate surface area is 179 Å². The van der Waals surface area contributed by atoms with Crippen molar-refractivity contribution in [2.75, 3.05) is 0 Å². The Balaban J connectivity index is 1.66. The van der Waals surface area contributed by atoms with Crippen LogP contribution in [-0.2, 0) is 11.2 Å². The van der Waals surface area contributed by atoms with Crippen molar-refractivity contribution >= 4 is 17.7 Å². The molecule has 0 unspecified atom stereocenters. The maximum Gasteiger partial charge on any atom is 0.343 e. The van der Waals surface area contributed by atoms with Gasteiger partial charge in [0.2, 0.25) is 11.2 Å². The first kappa shape index (κ1) is 21.8. The molecule has 2 heterocycles. The van der Waals surface area contributed by atoms with Crippen LogP contribution in [0.2, 0.25) is 0 Å². The van der Waals surface area contributed by atoms with Gasteiger partial charge in [-0.15, -0.1) is 0 Å². The summed E-state index contributed by atoms with van der Waals surface area (Å²) < 4.78 is 10.7. The number of hydrogen-bond acceptors (Lipinski definition) is 7. The van der Waals surface area contributed by atoms with Crippen molar-refractivity contribution in [3.05, 3.63) is 81.2 Å². The van der Waals surface area contributed by atoms with Gasteiger partial charge in [0.05, 0.1) is 11.3 Å². The van der Waals surface area contributed by atoms with Gasteiger partial charge >= 0.3 is 5.97 Å². The molecule has 0 aliphatic rings. The fourth-order valence-electron chi connectivity index (χ4n) is 2.75. The van der Waals surface area contributed by atoms with Crippen molar-refractivity contribution in [2.45, 2.75) is 50.9 Å². The largest absolute Gasteiger partial charge is 0.464 e. The SMILES string of the molecule is Cc1cc(C)nc(SCc2cc(=O)c(OC(=O)c3ccc(C(C)(C)C)cc3)co2)n1. The average molecular weight is 425 g/mol. The van der Waals surface area contributed by atoms with Crippen LogP contribution >= 0.6 is 11.8 Å². The van der Waals surface area contributed by atoms with Crippen molar-refractivity contribution in [1.29, 1.82) is 0 Å². The lowest BCUT2D eigenvalue weighted by Crippen LogP contribution is -2.16. The molecule has 2 aromatic heterocycles. The smallest absolute Gasteiger partial charge is 0.343 e. The molecule has 0 amide bonds. The fraction of sp³-hybridized carbons (Fsp3) is 0.304. The second-order valence-electron chi connectivity index (χ2n) is 8.01. The molecule has 0 N–H and O–H groups in total. The molecule has 0 spiro atoms. The minimum Gasteiger partial charge on any atom is -0.464 e. The lowest BCUT2D eigenvalue weighted by Gasteiger charge is -2.18. The van der Waals surface area contributed by atoms with Gasteiger partial charge in [0.1, 0.15) is 12.0 Å². The number of thioether (sulfide) groups is 1. The van der Waals surface area contributed by atoms with Gasteiger partial charge in [-0.2, -0.15) is 0 Å². The van der Waals surface area contributed by atoms with Crippen molar-refractivity contribution in [3.8, 4) is 5.75 Å². The molecule has 0 bridgehead atoms. The molecular weight excluding hydrogens is 400 g/mol. The summed E-state index contributed by atoms with van der Waals surface area (Å²) in [7, 11) is 0. The standard InChI is InChI=1S/C23H24N2O4S/c1-14-10-15(2)25-22(24-14)30-13-18-11-19(26)20(12-28-18)29-21(27)16-6-8-17(9-7-16)23(3,4)5/h6-12H,13H2,1-5H3. The molecule has 0 saturated heterocycles. The van der Waals surface area contributed by atoms with Crippen molar-refractivity contribution in [3.63, 3.8) is 0 Å². The van der Waals surface area contributed by atoms with E-state index in [4.69, 9.17) is 9.15 Å². The number of nitrogens with zero attached hydrogens (tertiary/aromatic N) is 2. The second kappa shape index (κ2) is 8.83. The summed E-state index contributed by atoms with van der Waals surface area (Å²) in [4.78, 5) is 33.4. The van der Waals surface area contributed by atoms with Crippen LogP contribution in [0.5, 0.6) is 5.75 Å². The molecule has 3 aromatic rings. The monoisotopic (exact) mass is 424 g/mol. The Kier molecular flexibility index (Phi) is 6.41. The number of esters is 1. The van der Waals surface area contributed by atoms with E-state index in [0.29, 0.717) is 22.2 Å². The summed E-state index contributed by atoms with van der Waals surface area (Å²) in [5.41, 5.74) is 2.80. The van der Waals surface area contributed by atoms with Crippen LogP contribution in [0.4, 0.5) is 0 Å². The summed E-state index contributed by atoms with van der Waals surface area (Å²) in [6.45, 7) is 10.1. The van der Waals surface area contributed by atoms with Gasteiger partial charge in [-0.3, -0.25) is 4.79 Å². The highest BCUT2D eigenvalue weighted by Crippen LogP contribution is 2.23. The van der Waals surface area contributed by atoms with Gasteiger partial charge in [0.15, 0.2) is 5.16 Å². The molecule has 1 aromatic carbocycles. The van der Waals surface area contributed by atoms with E-state index >= 15 is 0 Å². The summed E-state index contributed by atoms with van der Waals surface area (Å²) in [5.74, 6) is 0.0903. The quantitative estimate of drug-likeness (QED) is 0.329. The highest BCUT2D eigenvalue weighted by molar-refractivity contribution is 7.98. The number of rotatable bonds is 5. The Morgan fingerprint density at radius 3 is 2.27 bits per heavy atom. The Hall–Kier alpha value is -2.93. The number of aromatic nitrogens is 2. The summed E-state index contributed by atoms with van der Waals surface area (Å²) in [6, 6.07) is 10.4. The van der Waals surface area contributed by atoms with Gasteiger partial charge in [-0.25, -0.2) is 14.8 Å². The highest BCUT2D eigenvalue weighted by atomic mass is 32.2. The van der Waals surface area contributed by atoms with Gasteiger partial charge in [0.25, 0.3) is 0 Å². The molecule has 0 aliphatic heterocycles. The molecule has 30 heavy (non-hydrogen) atoms. The Morgan fingerprint density at radius 2 is 1.70 bits per heavy atom. The average Bonchev–Trinajstić information content (AvgIpc) is 2.67. The van der Waals surface area contributed by atoms with Crippen LogP contribution in [0.25, 0.3) is 0 Å². The van der Waals surface area contributed by atoms with Crippen molar-refractivity contribution in [2.24, 2.45) is 0 Å². The van der Waals surface area contributed by atoms with Crippen LogP contribution in [0, 0.1) is 13.8 Å². The number of aryl methyl sites for hydroxylation is 2. The molecule has 0 atom stereocenters. The zero-order valence-electron chi connectivity index (χ0n) is 17.7. The third-order valence-corrected chi connectivity index (χ3v) is 5.22. The predicted octanol–water partition coefficient (Wildman–Crippen LogP) is 4.86. The minimum absolute atomic E-state index is 0.0144. The number of hydrogen-bond donors (Lipinski definition) is 0. The van der Waals surface area contributed by atoms with Gasteiger partial charge in [0, 0.05) is 17.5 Å². The summed E-state index contributed by atoms with van der Waals surface area (Å²) in [5, 5.41) is 0.615. The maximum atomic E-state index is 12.4. The zero-order valence-corrected chi connectivity index (χ0v) is 18.5. The van der Waals surface area contributed by atoms with Gasteiger partial charge < -0.3 is 9.15 Å². The zero-order chi connectivity index (χ0) is 21.9. The van der Waals surface area contributed by atoms with Crippen molar-refractivity contribution in [1.82, 2.24) is 9.97 Å². The molecule has 0 fully saturated rings. The second-order valence-corrected chi connectivity index (χ2v) is 8.96. The molecule has 156 valence electrons. The first-order chi connectivity index (χ1) is 14.1. The number of ether oxygens (including phenoxy) is 1. The molecule has 0 aliphatic carbocycles. The first-order valence-electron chi connectivity index (χ1n) is 9.51. The molecule has 6 nitrogen and oxygen atoms in total. The van der Waals surface area contributed by atoms with E-state index in [1.807, 2.05) is 32.0 Å². The third-order valence-electron chi connectivity index (χ3n) is 4.35. The minimum atomic E-state index is -0.603. The van der Waals surface area contributed by atoms with E-state index in [1.54, 1.807) is 12.1 Å². The summed E-state index contributed by atoms with van der Waals surface area (Å²) >= 11 is 1.37. The Morgan fingerprint density at radius 1 is 1.07 bits per heavy atom. The van der Waals surface area contributed by atoms with E-state index in [-0.39, 0.29) is 11.2 Å². The van der Waals surface area contributed by atoms with E-state index in [2.05, 4.69) is 30.7 Å². The molecule has 3 rings (SSSR count). The maximum absolute atomic E-state index is 12.4. The van der Waals surface area contributed by atoms with Crippen LogP contribution in [-0.4, -0.2) is 15.9 Å². The van der Waals surface area contributed by atoms with Gasteiger partial charge in [-0.1, -0.05) is 44.7 Å². The first-order valence-corrected chi connectivity index (χ1v) is 10.5. The van der Waals surface area contributed by atoms with Crippen LogP contribution in [0.1, 0.15) is 53.8 Å². The van der Waals surface area contributed by atoms with Crippen LogP contribution < -0.4 is 10.2 Å². The van der Waals surface area contributed by atoms with Crippen LogP contribution in [0.15, 0.2) is 57.0 Å². The lowest BCUT2D eigenvalue weighted by atomic mass is 9.87. The van der Waals surface area contributed by atoms with Crippen LogP contribution in [0.3, 0.4) is 0 Å². The topological polar surface area (TPSA) is 82.3 Å². The molecule has 0 saturated carbocycles. The predicted molar refractivity (Wildman–Crippen MR) is 116 cm³/mol. The van der Waals surface area contributed by atoms with E-state index in [9.17, 15) is 9.59 Å². The third kappa shape index (κ3) is 5.57. The molecule has 0 radical (unpaired) electrons. The van der Waals surface area contributed by atoms with Crippen molar-refractivity contribution < 1.29 is 13.9 Å². The number of benzene rings is 1. The van der Waals surface area contributed by atoms with E-state index in [0.717, 1.165) is 17.0 Å². The van der Waals surface area contributed by atoms with E-state index in [1.165, 1.54) is 24.1 Å². The molecule has 7 heteroatoms. The Bertz CT molecular complexity index is 1100. The number of carbonyl (C=O) groups excluding carboxylic acids is 1. The fourth-order valence-corrected chi connectivity index (χ4v) is 3.59.